The number of aromatic nitrogens is 3. The number of ketones is 1. The minimum absolute atomic E-state index is 0.154. The molecule has 9 heteroatoms. The Morgan fingerprint density at radius 1 is 1.03 bits per heavy atom. The van der Waals surface area contributed by atoms with E-state index in [1.807, 2.05) is 0 Å². The third-order valence-corrected chi connectivity index (χ3v) is 5.51. The SMILES string of the molecule is O=CCn1c(-c2ccc(Cl)cc2)nn(CC(=O)CCCc2c(Cl)cccc2Cl)c1=O. The number of carbonyl (C=O) groups is 2. The van der Waals surface area contributed by atoms with Crippen molar-refractivity contribution in [2.24, 2.45) is 0 Å². The van der Waals surface area contributed by atoms with E-state index in [1.165, 1.54) is 4.57 Å². The van der Waals surface area contributed by atoms with Crippen molar-refractivity contribution >= 4 is 46.9 Å². The molecule has 0 aliphatic heterocycles. The summed E-state index contributed by atoms with van der Waals surface area (Å²) in [4.78, 5) is 36.1. The van der Waals surface area contributed by atoms with Crippen molar-refractivity contribution in [3.8, 4) is 11.4 Å². The Morgan fingerprint density at radius 2 is 1.70 bits per heavy atom. The minimum atomic E-state index is -0.519. The van der Waals surface area contributed by atoms with Crippen molar-refractivity contribution in [3.05, 3.63) is 73.6 Å². The number of benzene rings is 2. The van der Waals surface area contributed by atoms with Gasteiger partial charge in [0, 0.05) is 27.1 Å². The molecule has 156 valence electrons. The van der Waals surface area contributed by atoms with Gasteiger partial charge >= 0.3 is 5.69 Å². The van der Waals surface area contributed by atoms with Gasteiger partial charge in [-0.25, -0.2) is 9.48 Å². The fourth-order valence-corrected chi connectivity index (χ4v) is 3.79. The van der Waals surface area contributed by atoms with Gasteiger partial charge in [-0.3, -0.25) is 9.36 Å². The molecule has 0 atom stereocenters. The van der Waals surface area contributed by atoms with Crippen LogP contribution in [0.3, 0.4) is 0 Å². The van der Waals surface area contributed by atoms with Crippen molar-refractivity contribution in [1.29, 1.82) is 0 Å². The zero-order chi connectivity index (χ0) is 21.7. The lowest BCUT2D eigenvalue weighted by Crippen LogP contribution is -2.28. The van der Waals surface area contributed by atoms with Crippen LogP contribution in [-0.4, -0.2) is 26.4 Å². The lowest BCUT2D eigenvalue weighted by Gasteiger charge is -2.06. The summed E-state index contributed by atoms with van der Waals surface area (Å²) in [6.45, 7) is -0.336. The molecule has 2 aromatic carbocycles. The quantitative estimate of drug-likeness (QED) is 0.436. The molecule has 0 aliphatic rings. The van der Waals surface area contributed by atoms with Crippen molar-refractivity contribution in [1.82, 2.24) is 14.3 Å². The Hall–Kier alpha value is -2.41. The second kappa shape index (κ2) is 10.1. The highest BCUT2D eigenvalue weighted by molar-refractivity contribution is 6.36. The number of halogens is 3. The Bertz CT molecular complexity index is 1100. The van der Waals surface area contributed by atoms with Gasteiger partial charge in [0.1, 0.15) is 12.8 Å². The molecule has 0 amide bonds. The summed E-state index contributed by atoms with van der Waals surface area (Å²) in [7, 11) is 0. The molecule has 0 saturated heterocycles. The number of carbonyl (C=O) groups excluding carboxylic acids is 2. The summed E-state index contributed by atoms with van der Waals surface area (Å²) < 4.78 is 2.31. The summed E-state index contributed by atoms with van der Waals surface area (Å²) >= 11 is 18.2. The first-order valence-electron chi connectivity index (χ1n) is 9.22. The normalized spacial score (nSPS) is 10.9. The third kappa shape index (κ3) is 5.19. The predicted molar refractivity (Wildman–Crippen MR) is 117 cm³/mol. The van der Waals surface area contributed by atoms with Crippen LogP contribution in [0.1, 0.15) is 18.4 Å². The number of hydrogen-bond acceptors (Lipinski definition) is 4. The van der Waals surface area contributed by atoms with E-state index in [2.05, 4.69) is 5.10 Å². The fraction of sp³-hybridized carbons (Fsp3) is 0.238. The molecule has 1 aromatic heterocycles. The predicted octanol–water partition coefficient (Wildman–Crippen LogP) is 4.46. The molecule has 30 heavy (non-hydrogen) atoms. The third-order valence-electron chi connectivity index (χ3n) is 4.55. The Labute approximate surface area is 188 Å². The lowest BCUT2D eigenvalue weighted by atomic mass is 10.1. The maximum atomic E-state index is 12.6. The summed E-state index contributed by atoms with van der Waals surface area (Å²) in [5, 5.41) is 5.93. The van der Waals surface area contributed by atoms with E-state index in [-0.39, 0.29) is 25.3 Å². The van der Waals surface area contributed by atoms with Gasteiger partial charge in [-0.1, -0.05) is 40.9 Å². The monoisotopic (exact) mass is 465 g/mol. The molecule has 0 aliphatic carbocycles. The molecule has 0 saturated carbocycles. The van der Waals surface area contributed by atoms with E-state index >= 15 is 0 Å². The van der Waals surface area contributed by atoms with Gasteiger partial charge in [-0.05, 0) is 54.8 Å². The molecule has 1 heterocycles. The molecule has 0 spiro atoms. The van der Waals surface area contributed by atoms with Crippen molar-refractivity contribution in [2.75, 3.05) is 0 Å². The summed E-state index contributed by atoms with van der Waals surface area (Å²) in [6, 6.07) is 12.0. The van der Waals surface area contributed by atoms with Crippen LogP contribution >= 0.6 is 34.8 Å². The Balaban J connectivity index is 1.72. The van der Waals surface area contributed by atoms with Crippen LogP contribution in [0.25, 0.3) is 11.4 Å². The van der Waals surface area contributed by atoms with Gasteiger partial charge in [-0.15, -0.1) is 5.10 Å². The Morgan fingerprint density at radius 3 is 2.33 bits per heavy atom. The molecule has 3 rings (SSSR count). The number of aldehydes is 1. The molecular weight excluding hydrogens is 449 g/mol. The van der Waals surface area contributed by atoms with Crippen molar-refractivity contribution in [2.45, 2.75) is 32.4 Å². The Kier molecular flexibility index (Phi) is 7.48. The van der Waals surface area contributed by atoms with Crippen LogP contribution in [0.2, 0.25) is 15.1 Å². The summed E-state index contributed by atoms with van der Waals surface area (Å²) in [6.07, 6.45) is 1.94. The zero-order valence-electron chi connectivity index (χ0n) is 15.9. The molecular formula is C21H18Cl3N3O3. The van der Waals surface area contributed by atoms with E-state index in [9.17, 15) is 14.4 Å². The second-order valence-corrected chi connectivity index (χ2v) is 7.89. The number of nitrogens with zero attached hydrogens (tertiary/aromatic N) is 3. The topological polar surface area (TPSA) is 74.0 Å². The van der Waals surface area contributed by atoms with Crippen molar-refractivity contribution in [3.63, 3.8) is 0 Å². The molecule has 0 fully saturated rings. The van der Waals surface area contributed by atoms with Crippen LogP contribution < -0.4 is 5.69 Å². The van der Waals surface area contributed by atoms with Gasteiger partial charge in [0.2, 0.25) is 0 Å². The van der Waals surface area contributed by atoms with Crippen LogP contribution in [0.15, 0.2) is 47.3 Å². The van der Waals surface area contributed by atoms with Crippen LogP contribution in [0.5, 0.6) is 0 Å². The number of hydrogen-bond donors (Lipinski definition) is 0. The maximum absolute atomic E-state index is 12.6. The summed E-state index contributed by atoms with van der Waals surface area (Å²) in [5.74, 6) is 0.151. The zero-order valence-corrected chi connectivity index (χ0v) is 18.1. The van der Waals surface area contributed by atoms with Crippen molar-refractivity contribution < 1.29 is 9.59 Å². The molecule has 0 bridgehead atoms. The van der Waals surface area contributed by atoms with Gasteiger partial charge in [-0.2, -0.15) is 0 Å². The average Bonchev–Trinajstić information content (AvgIpc) is 3.01. The molecule has 0 radical (unpaired) electrons. The van der Waals surface area contributed by atoms with E-state index in [0.717, 1.165) is 10.2 Å². The van der Waals surface area contributed by atoms with Gasteiger partial charge in [0.15, 0.2) is 11.6 Å². The smallest absolute Gasteiger partial charge is 0.301 e. The molecule has 3 aromatic rings. The van der Waals surface area contributed by atoms with Crippen LogP contribution in [-0.2, 0) is 29.1 Å². The first-order valence-corrected chi connectivity index (χ1v) is 10.4. The highest BCUT2D eigenvalue weighted by Crippen LogP contribution is 2.26. The van der Waals surface area contributed by atoms with Crippen LogP contribution in [0, 0.1) is 0 Å². The molecule has 6 nitrogen and oxygen atoms in total. The second-order valence-electron chi connectivity index (χ2n) is 6.64. The van der Waals surface area contributed by atoms with Gasteiger partial charge in [0.25, 0.3) is 0 Å². The first-order chi connectivity index (χ1) is 14.4. The largest absolute Gasteiger partial charge is 0.347 e. The van der Waals surface area contributed by atoms with E-state index in [0.29, 0.717) is 45.6 Å². The van der Waals surface area contributed by atoms with Crippen LogP contribution in [0.4, 0.5) is 0 Å². The number of rotatable bonds is 9. The average molecular weight is 467 g/mol. The first kappa shape index (κ1) is 22.3. The van der Waals surface area contributed by atoms with Gasteiger partial charge < -0.3 is 4.79 Å². The van der Waals surface area contributed by atoms with E-state index < -0.39 is 5.69 Å². The fourth-order valence-electron chi connectivity index (χ4n) is 3.08. The maximum Gasteiger partial charge on any atom is 0.347 e. The summed E-state index contributed by atoms with van der Waals surface area (Å²) in [5.41, 5.74) is 0.901. The van der Waals surface area contributed by atoms with E-state index in [4.69, 9.17) is 34.8 Å². The highest BCUT2D eigenvalue weighted by Gasteiger charge is 2.17. The number of Topliss-reactive ketones (excluding diaryl/α,β-unsaturated/α-hetero) is 1. The molecule has 0 unspecified atom stereocenters. The molecule has 0 N–H and O–H groups in total. The van der Waals surface area contributed by atoms with E-state index in [1.54, 1.807) is 42.5 Å². The minimum Gasteiger partial charge on any atom is -0.301 e. The van der Waals surface area contributed by atoms with Gasteiger partial charge in [0.05, 0.1) is 6.54 Å². The lowest BCUT2D eigenvalue weighted by molar-refractivity contribution is -0.120. The standard InChI is InChI=1S/C21H18Cl3N3O3/c22-15-9-7-14(8-10-15)20-25-27(21(30)26(20)11-12-28)13-16(29)3-1-4-17-18(23)5-2-6-19(17)24/h2,5-10,12H,1,3-4,11,13H2. The highest BCUT2D eigenvalue weighted by atomic mass is 35.5.